The number of hydrogen-bond donors (Lipinski definition) is 7. The lowest BCUT2D eigenvalue weighted by atomic mass is 10.3. The van der Waals surface area contributed by atoms with Crippen LogP contribution < -0.4 is 37.9 Å². The van der Waals surface area contributed by atoms with Gasteiger partial charge in [0.1, 0.15) is 17.1 Å². The first-order valence-corrected chi connectivity index (χ1v) is 16.5. The molecule has 0 spiro atoms. The average Bonchev–Trinajstić information content (AvgIpc) is 3.10. The van der Waals surface area contributed by atoms with Gasteiger partial charge in [-0.25, -0.2) is 0 Å². The summed E-state index contributed by atoms with van der Waals surface area (Å²) >= 11 is 0. The standard InChI is InChI=1S/C32H44N10O9/c43-27-7-1-4-24(40(27)49)30(46)34-12-17-37-15-10-33-11-16-38(18-13-35-31(47)25-5-2-8-28(44)41(25)50)21-23-39(22-20-37)19-14-36-32(48)26-6-3-9-29(45)42(26)51/h1-9,33,49-51H,10-23H2,(H,34,46)(H,35,47)(H,36,48). The van der Waals surface area contributed by atoms with Gasteiger partial charge >= 0.3 is 0 Å². The van der Waals surface area contributed by atoms with Gasteiger partial charge in [-0.1, -0.05) is 18.2 Å². The lowest BCUT2D eigenvalue weighted by molar-refractivity contribution is 0.0868. The van der Waals surface area contributed by atoms with E-state index in [1.165, 1.54) is 36.4 Å². The van der Waals surface area contributed by atoms with Gasteiger partial charge in [-0.15, -0.1) is 14.2 Å². The van der Waals surface area contributed by atoms with Crippen molar-refractivity contribution in [2.24, 2.45) is 0 Å². The third-order valence-electron chi connectivity index (χ3n) is 8.30. The van der Waals surface area contributed by atoms with Crippen molar-refractivity contribution in [3.8, 4) is 0 Å². The van der Waals surface area contributed by atoms with Crippen LogP contribution in [0.15, 0.2) is 69.0 Å². The zero-order valence-electron chi connectivity index (χ0n) is 28.1. The SMILES string of the molecule is O=C(NCCN1CCNCCN(CCNC(=O)c2cccc(=O)n2O)CCN(CCNC(=O)c2cccc(=O)n2O)CC1)c1cccc(=O)n1O. The molecule has 0 unspecified atom stereocenters. The van der Waals surface area contributed by atoms with Crippen LogP contribution in [0.3, 0.4) is 0 Å². The Hall–Kier alpha value is -5.50. The predicted molar refractivity (Wildman–Crippen MR) is 183 cm³/mol. The Morgan fingerprint density at radius 2 is 0.804 bits per heavy atom. The van der Waals surface area contributed by atoms with Crippen LogP contribution in [-0.4, -0.2) is 154 Å². The van der Waals surface area contributed by atoms with Gasteiger partial charge in [0.15, 0.2) is 0 Å². The molecule has 1 saturated heterocycles. The molecule has 0 radical (unpaired) electrons. The van der Waals surface area contributed by atoms with Crippen LogP contribution in [0.2, 0.25) is 0 Å². The highest BCUT2D eigenvalue weighted by molar-refractivity contribution is 5.93. The molecule has 19 nitrogen and oxygen atoms in total. The van der Waals surface area contributed by atoms with Gasteiger partial charge < -0.3 is 36.9 Å². The summed E-state index contributed by atoms with van der Waals surface area (Å²) in [4.78, 5) is 79.5. The van der Waals surface area contributed by atoms with E-state index in [1.54, 1.807) is 0 Å². The lowest BCUT2D eigenvalue weighted by Crippen LogP contribution is -2.48. The summed E-state index contributed by atoms with van der Waals surface area (Å²) in [6.07, 6.45) is 0. The molecule has 19 heteroatoms. The Labute approximate surface area is 292 Å². The fourth-order valence-corrected chi connectivity index (χ4v) is 5.39. The molecule has 0 aliphatic carbocycles. The van der Waals surface area contributed by atoms with E-state index < -0.39 is 34.4 Å². The van der Waals surface area contributed by atoms with Crippen LogP contribution in [-0.2, 0) is 0 Å². The summed E-state index contributed by atoms with van der Waals surface area (Å²) in [6, 6.07) is 11.6. The van der Waals surface area contributed by atoms with E-state index in [2.05, 4.69) is 36.0 Å². The third kappa shape index (κ3) is 11.3. The summed E-state index contributed by atoms with van der Waals surface area (Å²) in [5, 5.41) is 41.4. The molecule has 0 saturated carbocycles. The number of rotatable bonds is 12. The maximum atomic E-state index is 12.7. The second kappa shape index (κ2) is 19.0. The van der Waals surface area contributed by atoms with Gasteiger partial charge in [-0.3, -0.25) is 43.5 Å². The summed E-state index contributed by atoms with van der Waals surface area (Å²) in [5.74, 6) is -1.78. The number of carbonyl (C=O) groups excluding carboxylic acids is 3. The smallest absolute Gasteiger partial charge is 0.283 e. The van der Waals surface area contributed by atoms with Crippen molar-refractivity contribution in [3.05, 3.63) is 103 Å². The molecule has 4 heterocycles. The van der Waals surface area contributed by atoms with E-state index in [-0.39, 0.29) is 36.7 Å². The molecule has 3 amide bonds. The Kier molecular flexibility index (Phi) is 14.3. The van der Waals surface area contributed by atoms with E-state index in [1.807, 2.05) is 0 Å². The molecule has 3 aromatic rings. The minimum atomic E-state index is -0.725. The van der Waals surface area contributed by atoms with Gasteiger partial charge in [-0.2, -0.15) is 0 Å². The first kappa shape index (κ1) is 38.3. The molecular formula is C32H44N10O9. The molecule has 1 aliphatic rings. The molecule has 3 aromatic heterocycles. The molecule has 1 fully saturated rings. The monoisotopic (exact) mass is 712 g/mol. The fraction of sp³-hybridized carbons (Fsp3) is 0.438. The molecular weight excluding hydrogens is 668 g/mol. The largest absolute Gasteiger partial charge is 0.425 e. The van der Waals surface area contributed by atoms with E-state index in [0.717, 1.165) is 18.2 Å². The second-order valence-electron chi connectivity index (χ2n) is 11.7. The maximum Gasteiger partial charge on any atom is 0.283 e. The number of nitrogens with zero attached hydrogens (tertiary/aromatic N) is 6. The van der Waals surface area contributed by atoms with E-state index >= 15 is 0 Å². The number of carbonyl (C=O) groups is 3. The predicted octanol–water partition coefficient (Wildman–Crippen LogP) is -3.02. The van der Waals surface area contributed by atoms with Gasteiger partial charge in [0.25, 0.3) is 34.4 Å². The number of nitrogens with one attached hydrogen (secondary N) is 4. The number of hydrogen-bond acceptors (Lipinski definition) is 13. The molecule has 0 aromatic carbocycles. The van der Waals surface area contributed by atoms with Gasteiger partial charge in [-0.05, 0) is 18.2 Å². The minimum absolute atomic E-state index is 0.169. The van der Waals surface area contributed by atoms with Gasteiger partial charge in [0.2, 0.25) is 0 Å². The van der Waals surface area contributed by atoms with E-state index in [4.69, 9.17) is 0 Å². The van der Waals surface area contributed by atoms with Crippen LogP contribution in [0.1, 0.15) is 31.5 Å². The molecule has 0 atom stereocenters. The maximum absolute atomic E-state index is 12.7. The van der Waals surface area contributed by atoms with Crippen LogP contribution >= 0.6 is 0 Å². The van der Waals surface area contributed by atoms with Crippen LogP contribution in [0, 0.1) is 0 Å². The molecule has 276 valence electrons. The minimum Gasteiger partial charge on any atom is -0.425 e. The van der Waals surface area contributed by atoms with Crippen molar-refractivity contribution < 1.29 is 30.0 Å². The zero-order chi connectivity index (χ0) is 36.8. The molecule has 4 rings (SSSR count). The molecule has 51 heavy (non-hydrogen) atoms. The Morgan fingerprint density at radius 3 is 1.12 bits per heavy atom. The number of amides is 3. The quantitative estimate of drug-likeness (QED) is 0.0928. The van der Waals surface area contributed by atoms with E-state index in [9.17, 15) is 44.4 Å². The third-order valence-corrected chi connectivity index (χ3v) is 8.30. The van der Waals surface area contributed by atoms with Crippen molar-refractivity contribution in [1.82, 2.24) is 50.2 Å². The highest BCUT2D eigenvalue weighted by atomic mass is 16.5. The highest BCUT2D eigenvalue weighted by Gasteiger charge is 2.18. The molecule has 7 N–H and O–H groups in total. The average molecular weight is 713 g/mol. The summed E-state index contributed by atoms with van der Waals surface area (Å²) in [6.45, 7) is 7.09. The van der Waals surface area contributed by atoms with Crippen molar-refractivity contribution >= 4 is 17.7 Å². The van der Waals surface area contributed by atoms with Crippen molar-refractivity contribution in [3.63, 3.8) is 0 Å². The normalized spacial score (nSPS) is 15.3. The van der Waals surface area contributed by atoms with Crippen molar-refractivity contribution in [1.29, 1.82) is 0 Å². The Morgan fingerprint density at radius 1 is 0.510 bits per heavy atom. The van der Waals surface area contributed by atoms with Crippen LogP contribution in [0.5, 0.6) is 0 Å². The zero-order valence-corrected chi connectivity index (χ0v) is 28.1. The summed E-state index contributed by atoms with van der Waals surface area (Å²) < 4.78 is 0.900. The topological polar surface area (TPSA) is 236 Å². The first-order chi connectivity index (χ1) is 24.5. The van der Waals surface area contributed by atoms with Gasteiger partial charge in [0.05, 0.1) is 0 Å². The van der Waals surface area contributed by atoms with Crippen LogP contribution in [0.4, 0.5) is 0 Å². The van der Waals surface area contributed by atoms with Gasteiger partial charge in [0, 0.05) is 110 Å². The molecule has 1 aliphatic heterocycles. The van der Waals surface area contributed by atoms with Crippen molar-refractivity contribution in [2.45, 2.75) is 0 Å². The van der Waals surface area contributed by atoms with Crippen LogP contribution in [0.25, 0.3) is 0 Å². The lowest BCUT2D eigenvalue weighted by Gasteiger charge is -2.31. The summed E-state index contributed by atoms with van der Waals surface area (Å²) in [5.41, 5.74) is -2.67. The number of pyridine rings is 3. The Balaban J connectivity index is 1.35. The fourth-order valence-electron chi connectivity index (χ4n) is 5.39. The second-order valence-corrected chi connectivity index (χ2v) is 11.7. The van der Waals surface area contributed by atoms with E-state index in [0.29, 0.717) is 86.2 Å². The molecule has 0 bridgehead atoms. The van der Waals surface area contributed by atoms with Crippen molar-refractivity contribution in [2.75, 3.05) is 91.6 Å². The number of aromatic nitrogens is 3. The Bertz CT molecular complexity index is 1730. The summed E-state index contributed by atoms with van der Waals surface area (Å²) in [7, 11) is 0. The first-order valence-electron chi connectivity index (χ1n) is 16.5. The highest BCUT2D eigenvalue weighted by Crippen LogP contribution is 2.00.